The minimum Gasteiger partial charge on any atom is -0.507 e. The molecule has 0 unspecified atom stereocenters. The fraction of sp³-hybridized carbons (Fsp3) is 0.111. The molecule has 2 aromatic heterocycles. The van der Waals surface area contributed by atoms with Crippen LogP contribution in [0.3, 0.4) is 0 Å². The number of nitrogens with zero attached hydrogens (tertiary/aromatic N) is 3. The number of imidazole rings is 1. The fourth-order valence-electron chi connectivity index (χ4n) is 7.69. The largest absolute Gasteiger partial charge is 0.507 e. The zero-order chi connectivity index (χ0) is 45.0. The first-order chi connectivity index (χ1) is 30.5. The third kappa shape index (κ3) is 6.88. The topological polar surface area (TPSA) is 50.9 Å². The average molecular weight is 758 g/mol. The van der Waals surface area contributed by atoms with Crippen LogP contribution >= 0.6 is 0 Å². The lowest BCUT2D eigenvalue weighted by Gasteiger charge is -2.22. The summed E-state index contributed by atoms with van der Waals surface area (Å²) >= 11 is 0. The van der Waals surface area contributed by atoms with E-state index >= 15 is 0 Å². The predicted octanol–water partition coefficient (Wildman–Crippen LogP) is 14.0. The smallest absolute Gasteiger partial charge is 0.149 e. The SMILES string of the molecule is [2H]C([2H])([2H])c1ccc(-c2ccnc(-c3cc(-c4cccc5c4nc(-c4ccccc4O)n5-c4cc(-c5ccccc5)c(C([2H])([2H])[2H])cc4-c4ccccc4)cc(C(C)(C)C)c3)c2)cc1. The van der Waals surface area contributed by atoms with Gasteiger partial charge in [-0.15, -0.1) is 0 Å². The van der Waals surface area contributed by atoms with E-state index in [0.717, 1.165) is 55.7 Å². The van der Waals surface area contributed by atoms with E-state index < -0.39 is 13.7 Å². The van der Waals surface area contributed by atoms with Gasteiger partial charge < -0.3 is 5.11 Å². The molecule has 0 bridgehead atoms. The van der Waals surface area contributed by atoms with E-state index in [1.54, 1.807) is 36.5 Å². The molecule has 0 spiro atoms. The molecule has 0 radical (unpaired) electrons. The van der Waals surface area contributed by atoms with Crippen molar-refractivity contribution in [2.75, 3.05) is 0 Å². The number of para-hydroxylation sites is 2. The summed E-state index contributed by atoms with van der Waals surface area (Å²) in [5.41, 5.74) is 12.1. The number of hydrogen-bond donors (Lipinski definition) is 1. The Hall–Kier alpha value is -7.04. The Kier molecular flexibility index (Phi) is 7.69. The third-order valence-electron chi connectivity index (χ3n) is 10.8. The van der Waals surface area contributed by atoms with Crippen molar-refractivity contribution in [1.82, 2.24) is 14.5 Å². The summed E-state index contributed by atoms with van der Waals surface area (Å²) in [6.45, 7) is 1.92. The first kappa shape index (κ1) is 30.1. The number of phenolic OH excluding ortho intramolecular Hbond substituents is 1. The molecule has 2 heterocycles. The van der Waals surface area contributed by atoms with Gasteiger partial charge in [0.25, 0.3) is 0 Å². The van der Waals surface area contributed by atoms with Gasteiger partial charge in [-0.05, 0) is 118 Å². The highest BCUT2D eigenvalue weighted by Gasteiger charge is 2.24. The molecule has 282 valence electrons. The zero-order valence-electron chi connectivity index (χ0n) is 38.5. The summed E-state index contributed by atoms with van der Waals surface area (Å²) in [5.74, 6) is 0.546. The van der Waals surface area contributed by atoms with Crippen LogP contribution in [0.15, 0.2) is 176 Å². The van der Waals surface area contributed by atoms with Crippen LogP contribution in [0.5, 0.6) is 5.75 Å². The van der Waals surface area contributed by atoms with Gasteiger partial charge in [0.15, 0.2) is 0 Å². The van der Waals surface area contributed by atoms with Gasteiger partial charge in [0, 0.05) is 31.1 Å². The molecule has 9 aromatic rings. The Bertz CT molecular complexity index is 3170. The highest BCUT2D eigenvalue weighted by molar-refractivity contribution is 5.98. The monoisotopic (exact) mass is 757 g/mol. The second-order valence-corrected chi connectivity index (χ2v) is 15.7. The summed E-state index contributed by atoms with van der Waals surface area (Å²) in [6.07, 6.45) is 1.78. The lowest BCUT2D eigenvalue weighted by molar-refractivity contribution is 0.477. The zero-order valence-corrected chi connectivity index (χ0v) is 32.5. The molecule has 0 fully saturated rings. The maximum absolute atomic E-state index is 11.5. The van der Waals surface area contributed by atoms with Gasteiger partial charge in [-0.2, -0.15) is 0 Å². The molecule has 0 saturated carbocycles. The van der Waals surface area contributed by atoms with Gasteiger partial charge in [-0.1, -0.05) is 142 Å². The summed E-state index contributed by atoms with van der Waals surface area (Å²) in [5, 5.41) is 11.5. The highest BCUT2D eigenvalue weighted by atomic mass is 16.3. The number of aromatic hydroxyl groups is 1. The van der Waals surface area contributed by atoms with Crippen LogP contribution in [0.2, 0.25) is 0 Å². The number of pyridine rings is 1. The fourth-order valence-corrected chi connectivity index (χ4v) is 7.69. The van der Waals surface area contributed by atoms with Crippen LogP contribution in [0, 0.1) is 13.7 Å². The number of fused-ring (bicyclic) bond motifs is 1. The van der Waals surface area contributed by atoms with Crippen molar-refractivity contribution in [3.05, 3.63) is 193 Å². The molecule has 4 heteroatoms. The molecule has 9 rings (SSSR count). The van der Waals surface area contributed by atoms with Crippen LogP contribution in [-0.2, 0) is 5.41 Å². The van der Waals surface area contributed by atoms with Gasteiger partial charge in [-0.25, -0.2) is 4.98 Å². The van der Waals surface area contributed by atoms with E-state index in [-0.39, 0.29) is 22.3 Å². The van der Waals surface area contributed by atoms with Crippen molar-refractivity contribution >= 4 is 11.0 Å². The normalized spacial score (nSPS) is 13.6. The lowest BCUT2D eigenvalue weighted by Crippen LogP contribution is -2.11. The van der Waals surface area contributed by atoms with E-state index in [2.05, 4.69) is 45.0 Å². The van der Waals surface area contributed by atoms with Crippen LogP contribution < -0.4 is 0 Å². The molecule has 0 aliphatic heterocycles. The van der Waals surface area contributed by atoms with Crippen LogP contribution in [0.1, 0.15) is 45.7 Å². The Balaban J connectivity index is 1.31. The maximum Gasteiger partial charge on any atom is 0.149 e. The Morgan fingerprint density at radius 1 is 0.534 bits per heavy atom. The van der Waals surface area contributed by atoms with Crippen molar-refractivity contribution in [3.8, 4) is 78.6 Å². The van der Waals surface area contributed by atoms with Gasteiger partial charge in [0.1, 0.15) is 11.6 Å². The number of rotatable bonds is 7. The highest BCUT2D eigenvalue weighted by Crippen LogP contribution is 2.43. The van der Waals surface area contributed by atoms with E-state index in [0.29, 0.717) is 33.7 Å². The van der Waals surface area contributed by atoms with E-state index in [4.69, 9.17) is 18.2 Å². The first-order valence-electron chi connectivity index (χ1n) is 22.4. The minimum absolute atomic E-state index is 0.0558. The van der Waals surface area contributed by atoms with Gasteiger partial charge in [-0.3, -0.25) is 9.55 Å². The van der Waals surface area contributed by atoms with Crippen molar-refractivity contribution in [2.24, 2.45) is 0 Å². The van der Waals surface area contributed by atoms with Crippen molar-refractivity contribution in [3.63, 3.8) is 0 Å². The van der Waals surface area contributed by atoms with Gasteiger partial charge in [0.05, 0.1) is 28.0 Å². The lowest BCUT2D eigenvalue weighted by atomic mass is 9.83. The molecular formula is C54H45N3O. The quantitative estimate of drug-likeness (QED) is 0.176. The summed E-state index contributed by atoms with van der Waals surface area (Å²) in [7, 11) is 0. The van der Waals surface area contributed by atoms with Gasteiger partial charge >= 0.3 is 0 Å². The van der Waals surface area contributed by atoms with Crippen molar-refractivity contribution in [2.45, 2.75) is 39.9 Å². The van der Waals surface area contributed by atoms with E-state index in [1.165, 1.54) is 0 Å². The number of aryl methyl sites for hydroxylation is 2. The molecule has 0 aliphatic carbocycles. The Morgan fingerprint density at radius 3 is 1.93 bits per heavy atom. The third-order valence-corrected chi connectivity index (χ3v) is 10.8. The molecule has 0 atom stereocenters. The molecule has 58 heavy (non-hydrogen) atoms. The van der Waals surface area contributed by atoms with E-state index in [9.17, 15) is 5.11 Å². The second-order valence-electron chi connectivity index (χ2n) is 15.7. The first-order valence-corrected chi connectivity index (χ1v) is 19.4. The van der Waals surface area contributed by atoms with E-state index in [1.807, 2.05) is 120 Å². The average Bonchev–Trinajstić information content (AvgIpc) is 3.68. The summed E-state index contributed by atoms with van der Waals surface area (Å²) in [6, 6.07) is 53.7. The Morgan fingerprint density at radius 2 is 1.22 bits per heavy atom. The minimum atomic E-state index is -2.42. The predicted molar refractivity (Wildman–Crippen MR) is 241 cm³/mol. The van der Waals surface area contributed by atoms with Gasteiger partial charge in [0.2, 0.25) is 0 Å². The van der Waals surface area contributed by atoms with Crippen molar-refractivity contribution in [1.29, 1.82) is 0 Å². The summed E-state index contributed by atoms with van der Waals surface area (Å²) < 4.78 is 51.6. The molecule has 0 aliphatic rings. The van der Waals surface area contributed by atoms with Crippen molar-refractivity contribution < 1.29 is 13.3 Å². The van der Waals surface area contributed by atoms with Crippen LogP contribution in [0.4, 0.5) is 0 Å². The maximum atomic E-state index is 11.5. The second kappa shape index (κ2) is 14.8. The molecule has 0 amide bonds. The molecule has 1 N–H and O–H groups in total. The molecular weight excluding hydrogens is 707 g/mol. The Labute approximate surface area is 349 Å². The standard InChI is InChI=1S/C54H45N3O/c1-35-23-25-37(26-24-35)40-27-28-55-48(33-40)42-30-41(31-43(32-42)54(3,4)5)44-20-14-21-49-52(44)56-53(45-19-12-13-22-51(45)58)57(49)50-34-46(38-15-8-6-9-16-38)36(2)29-47(50)39-17-10-7-11-18-39/h6-34,58H,1-5H3/i1D3,2D3. The molecule has 7 aromatic carbocycles. The molecule has 4 nitrogen and oxygen atoms in total. The molecule has 0 saturated heterocycles. The number of benzene rings is 7. The number of aromatic nitrogens is 3. The number of phenols is 1. The number of hydrogen-bond acceptors (Lipinski definition) is 3. The van der Waals surface area contributed by atoms with Crippen LogP contribution in [0.25, 0.3) is 83.9 Å². The van der Waals surface area contributed by atoms with Crippen LogP contribution in [-0.4, -0.2) is 19.6 Å². The summed E-state index contributed by atoms with van der Waals surface area (Å²) in [4.78, 5) is 10.3.